The second-order valence-electron chi connectivity index (χ2n) is 17.6. The van der Waals surface area contributed by atoms with Crippen molar-refractivity contribution in [3.05, 3.63) is 121 Å². The number of rotatable bonds is 29. The highest BCUT2D eigenvalue weighted by molar-refractivity contribution is 6.20. The fourth-order valence-corrected chi connectivity index (χ4v) is 8.42. The summed E-state index contributed by atoms with van der Waals surface area (Å²) in [4.78, 5) is 7.73. The first-order chi connectivity index (χ1) is 31.5. The van der Waals surface area contributed by atoms with Gasteiger partial charge in [0.25, 0.3) is 0 Å². The fraction of sp³-hybridized carbons (Fsp3) is 0.483. The molecule has 0 aliphatic heterocycles. The Labute approximate surface area is 390 Å². The molecule has 0 heterocycles. The Morgan fingerprint density at radius 2 is 0.578 bits per heavy atom. The van der Waals surface area contributed by atoms with E-state index in [0.29, 0.717) is 0 Å². The molecule has 6 nitrogen and oxygen atoms in total. The van der Waals surface area contributed by atoms with Crippen molar-refractivity contribution >= 4 is 56.9 Å². The molecule has 1 aliphatic carbocycles. The summed E-state index contributed by atoms with van der Waals surface area (Å²) in [5.41, 5.74) is 12.0. The summed E-state index contributed by atoms with van der Waals surface area (Å²) in [7, 11) is 0. The third-order valence-corrected chi connectivity index (χ3v) is 12.5. The molecular weight excluding hydrogens is 781 g/mol. The zero-order chi connectivity index (χ0) is 45.4. The zero-order valence-corrected chi connectivity index (χ0v) is 41.1. The second kappa shape index (κ2) is 27.9. The first-order valence-electron chi connectivity index (χ1n) is 25.6. The molecule has 1 aliphatic rings. The molecule has 0 radical (unpaired) electrons. The summed E-state index contributed by atoms with van der Waals surface area (Å²) in [6.45, 7) is 23.6. The van der Waals surface area contributed by atoms with E-state index < -0.39 is 0 Å². The average molecular weight is 865 g/mol. The number of anilines is 4. The molecule has 0 aromatic heterocycles. The Balaban J connectivity index is 1.60. The first kappa shape index (κ1) is 49.9. The van der Waals surface area contributed by atoms with E-state index in [9.17, 15) is 0 Å². The van der Waals surface area contributed by atoms with E-state index in [1.54, 1.807) is 0 Å². The minimum atomic E-state index is 0.989. The van der Waals surface area contributed by atoms with Gasteiger partial charge in [0.05, 0.1) is 0 Å². The van der Waals surface area contributed by atoms with Crippen LogP contribution in [-0.2, 0) is 0 Å². The highest BCUT2D eigenvalue weighted by atomic mass is 15.1. The standard InChI is InChI=1S/C58H83N6/c1-8-15-42-59-49-22-24-53(25-23-49)63(54-32-26-50(27-33-54)60(43-16-9-2)44-17-10-3)57-38-40-58(41-39-57)64(55-34-28-51(29-35-55)61(45-18-11-4)46-19-12-5)56-36-30-52(31-37-56)62(47-20-13-6)48-21-14-7/h22-41H,8-21,42-48H2,1-7H3/q+1/p+1. The fourth-order valence-electron chi connectivity index (χ4n) is 8.42. The van der Waals surface area contributed by atoms with Crippen LogP contribution in [-0.4, -0.2) is 57.2 Å². The summed E-state index contributed by atoms with van der Waals surface area (Å²) in [6.07, 6.45) is 26.0. The Morgan fingerprint density at radius 3 is 0.828 bits per heavy atom. The first-order valence-corrected chi connectivity index (χ1v) is 25.6. The zero-order valence-electron chi connectivity index (χ0n) is 41.1. The molecule has 0 fully saturated rings. The van der Waals surface area contributed by atoms with Gasteiger partial charge in [-0.15, -0.1) is 0 Å². The molecule has 0 saturated carbocycles. The van der Waals surface area contributed by atoms with Gasteiger partial charge >= 0.3 is 0 Å². The van der Waals surface area contributed by atoms with Crippen LogP contribution in [0.2, 0.25) is 0 Å². The molecule has 344 valence electrons. The third-order valence-electron chi connectivity index (χ3n) is 12.5. The van der Waals surface area contributed by atoms with Crippen LogP contribution >= 0.6 is 0 Å². The molecule has 4 aromatic rings. The number of hydrogen-bond donors (Lipinski definition) is 1. The van der Waals surface area contributed by atoms with Gasteiger partial charge in [-0.2, -0.15) is 9.15 Å². The number of allylic oxidation sites excluding steroid dienone is 4. The van der Waals surface area contributed by atoms with E-state index in [1.807, 2.05) is 0 Å². The van der Waals surface area contributed by atoms with Crippen molar-refractivity contribution in [2.75, 3.05) is 65.8 Å². The SMILES string of the molecule is CCCCNc1ccc([N+](=C2C=CC(=[N+](c3ccc(N(CCCC)CCCC)cc3)c3ccc(N(CCCC)CCCC)cc3)C=C2)c2ccc(N(CCCC)CCCC)cc2)cc1. The summed E-state index contributed by atoms with van der Waals surface area (Å²) in [5, 5.41) is 3.62. The van der Waals surface area contributed by atoms with Crippen molar-refractivity contribution < 1.29 is 0 Å². The molecule has 1 N–H and O–H groups in total. The monoisotopic (exact) mass is 865 g/mol. The number of unbranched alkanes of at least 4 members (excludes halogenated alkanes) is 7. The van der Waals surface area contributed by atoms with Gasteiger partial charge in [0.2, 0.25) is 34.2 Å². The Hall–Kier alpha value is -5.10. The number of hydrogen-bond acceptors (Lipinski definition) is 4. The molecule has 0 bridgehead atoms. The molecular formula is C58H84N6+2. The van der Waals surface area contributed by atoms with Crippen LogP contribution in [0.1, 0.15) is 138 Å². The van der Waals surface area contributed by atoms with Crippen molar-refractivity contribution in [1.82, 2.24) is 9.15 Å². The average Bonchev–Trinajstić information content (AvgIpc) is 3.34. The molecule has 0 unspecified atom stereocenters. The number of nitrogens with one attached hydrogen (secondary N) is 1. The molecule has 64 heavy (non-hydrogen) atoms. The summed E-state index contributed by atoms with van der Waals surface area (Å²) in [5.74, 6) is 0. The van der Waals surface area contributed by atoms with Gasteiger partial charge in [0.15, 0.2) is 0 Å². The van der Waals surface area contributed by atoms with E-state index in [0.717, 1.165) is 80.7 Å². The van der Waals surface area contributed by atoms with Crippen LogP contribution in [0, 0.1) is 0 Å². The Kier molecular flexibility index (Phi) is 21.8. The van der Waals surface area contributed by atoms with Gasteiger partial charge in [0, 0.05) is 141 Å². The van der Waals surface area contributed by atoms with Crippen LogP contribution in [0.25, 0.3) is 0 Å². The maximum atomic E-state index is 3.62. The van der Waals surface area contributed by atoms with E-state index in [4.69, 9.17) is 0 Å². The molecule has 0 amide bonds. The second-order valence-corrected chi connectivity index (χ2v) is 17.6. The van der Waals surface area contributed by atoms with E-state index >= 15 is 0 Å². The van der Waals surface area contributed by atoms with Crippen molar-refractivity contribution in [2.24, 2.45) is 0 Å². The lowest BCUT2D eigenvalue weighted by atomic mass is 10.1. The van der Waals surface area contributed by atoms with Crippen LogP contribution in [0.5, 0.6) is 0 Å². The van der Waals surface area contributed by atoms with Crippen LogP contribution in [0.4, 0.5) is 45.5 Å². The third kappa shape index (κ3) is 14.7. The molecule has 0 spiro atoms. The predicted molar refractivity (Wildman–Crippen MR) is 286 cm³/mol. The van der Waals surface area contributed by atoms with Crippen molar-refractivity contribution in [3.63, 3.8) is 0 Å². The maximum absolute atomic E-state index is 3.62. The molecule has 0 atom stereocenters. The normalized spacial score (nSPS) is 12.2. The largest absolute Gasteiger partial charge is 0.385 e. The van der Waals surface area contributed by atoms with Gasteiger partial charge in [-0.1, -0.05) is 93.4 Å². The number of nitrogens with zero attached hydrogens (tertiary/aromatic N) is 5. The van der Waals surface area contributed by atoms with Gasteiger partial charge in [0.1, 0.15) is 0 Å². The molecule has 0 saturated heterocycles. The predicted octanol–water partition coefficient (Wildman–Crippen LogP) is 15.5. The van der Waals surface area contributed by atoms with Crippen LogP contribution in [0.15, 0.2) is 121 Å². The van der Waals surface area contributed by atoms with Gasteiger partial charge in [-0.25, -0.2) is 0 Å². The summed E-state index contributed by atoms with van der Waals surface area (Å²) >= 11 is 0. The quantitative estimate of drug-likeness (QED) is 0.0334. The molecule has 4 aromatic carbocycles. The highest BCUT2D eigenvalue weighted by Crippen LogP contribution is 2.30. The van der Waals surface area contributed by atoms with Crippen molar-refractivity contribution in [2.45, 2.75) is 138 Å². The maximum Gasteiger partial charge on any atom is 0.212 e. The smallest absolute Gasteiger partial charge is 0.212 e. The topological polar surface area (TPSA) is 27.8 Å². The van der Waals surface area contributed by atoms with Crippen LogP contribution < -0.4 is 29.2 Å². The highest BCUT2D eigenvalue weighted by Gasteiger charge is 2.25. The van der Waals surface area contributed by atoms with Crippen LogP contribution in [0.3, 0.4) is 0 Å². The number of benzene rings is 4. The lowest BCUT2D eigenvalue weighted by Crippen LogP contribution is -2.26. The lowest BCUT2D eigenvalue weighted by molar-refractivity contribution is 0.678. The van der Waals surface area contributed by atoms with E-state index in [-0.39, 0.29) is 0 Å². The lowest BCUT2D eigenvalue weighted by Gasteiger charge is -2.25. The summed E-state index contributed by atoms with van der Waals surface area (Å²) in [6, 6.07) is 36.9. The summed E-state index contributed by atoms with van der Waals surface area (Å²) < 4.78 is 4.83. The van der Waals surface area contributed by atoms with Gasteiger partial charge < -0.3 is 20.0 Å². The minimum Gasteiger partial charge on any atom is -0.385 e. The molecule has 6 heteroatoms. The van der Waals surface area contributed by atoms with E-state index in [2.05, 4.69) is 199 Å². The Morgan fingerprint density at radius 1 is 0.328 bits per heavy atom. The van der Waals surface area contributed by atoms with E-state index in [1.165, 1.54) is 112 Å². The van der Waals surface area contributed by atoms with Gasteiger partial charge in [-0.3, -0.25) is 0 Å². The van der Waals surface area contributed by atoms with Gasteiger partial charge in [-0.05, 0) is 93.5 Å². The molecule has 5 rings (SSSR count). The van der Waals surface area contributed by atoms with Crippen molar-refractivity contribution in [3.8, 4) is 0 Å². The van der Waals surface area contributed by atoms with Crippen molar-refractivity contribution in [1.29, 1.82) is 0 Å². The minimum absolute atomic E-state index is 0.989. The Bertz CT molecular complexity index is 1930.